The van der Waals surface area contributed by atoms with Crippen molar-refractivity contribution in [3.8, 4) is 0 Å². The number of imide groups is 1. The molecule has 0 aliphatic carbocycles. The van der Waals surface area contributed by atoms with Crippen LogP contribution < -0.4 is 0 Å². The van der Waals surface area contributed by atoms with Gasteiger partial charge in [-0.2, -0.15) is 0 Å². The Morgan fingerprint density at radius 2 is 1.69 bits per heavy atom. The van der Waals surface area contributed by atoms with Crippen LogP contribution >= 0.6 is 35.0 Å². The van der Waals surface area contributed by atoms with Crippen molar-refractivity contribution in [3.05, 3.63) is 111 Å². The number of nitrogens with zero attached hydrogens (tertiary/aromatic N) is 2. The molecule has 0 atom stereocenters. The first-order valence-electron chi connectivity index (χ1n) is 10.8. The van der Waals surface area contributed by atoms with Crippen LogP contribution in [0.1, 0.15) is 21.5 Å². The fraction of sp³-hybridized carbons (Fsp3) is 0.0741. The predicted octanol–water partition coefficient (Wildman–Crippen LogP) is 6.92. The molecule has 5 nitrogen and oxygen atoms in total. The summed E-state index contributed by atoms with van der Waals surface area (Å²) in [7, 11) is 0. The third kappa shape index (κ3) is 4.78. The van der Waals surface area contributed by atoms with Gasteiger partial charge >= 0.3 is 0 Å². The Morgan fingerprint density at radius 1 is 0.943 bits per heavy atom. The molecule has 174 valence electrons. The smallest absolute Gasteiger partial charge is 0.293 e. The highest BCUT2D eigenvalue weighted by molar-refractivity contribution is 8.18. The summed E-state index contributed by atoms with van der Waals surface area (Å²) < 4.78 is 2.04. The lowest BCUT2D eigenvalue weighted by molar-refractivity contribution is -0.122. The average molecular weight is 521 g/mol. The quantitative estimate of drug-likeness (QED) is 0.204. The summed E-state index contributed by atoms with van der Waals surface area (Å²) >= 11 is 13.3. The molecule has 8 heteroatoms. The van der Waals surface area contributed by atoms with Gasteiger partial charge in [0.25, 0.3) is 11.1 Å². The van der Waals surface area contributed by atoms with Crippen molar-refractivity contribution in [2.45, 2.75) is 6.54 Å². The Balaban J connectivity index is 1.44. The number of rotatable bonds is 6. The predicted molar refractivity (Wildman–Crippen MR) is 141 cm³/mol. The molecule has 0 N–H and O–H groups in total. The van der Waals surface area contributed by atoms with E-state index in [1.54, 1.807) is 48.5 Å². The lowest BCUT2D eigenvalue weighted by Crippen LogP contribution is -2.33. The van der Waals surface area contributed by atoms with E-state index in [0.29, 0.717) is 22.2 Å². The van der Waals surface area contributed by atoms with Crippen molar-refractivity contribution in [3.63, 3.8) is 0 Å². The number of ketones is 1. The molecule has 0 saturated carbocycles. The zero-order valence-corrected chi connectivity index (χ0v) is 20.6. The van der Waals surface area contributed by atoms with Crippen molar-refractivity contribution >= 4 is 68.9 Å². The number of amides is 2. The summed E-state index contributed by atoms with van der Waals surface area (Å²) in [6, 6.07) is 21.8. The molecule has 4 aromatic rings. The maximum atomic E-state index is 13.0. The number of fused-ring (bicyclic) bond motifs is 1. The van der Waals surface area contributed by atoms with E-state index in [1.807, 2.05) is 41.1 Å². The van der Waals surface area contributed by atoms with Gasteiger partial charge < -0.3 is 4.57 Å². The van der Waals surface area contributed by atoms with Gasteiger partial charge in [-0.25, -0.2) is 0 Å². The number of hydrogen-bond donors (Lipinski definition) is 0. The molecule has 1 saturated heterocycles. The highest BCUT2D eigenvalue weighted by atomic mass is 35.5. The van der Waals surface area contributed by atoms with Crippen LogP contribution in [0.25, 0.3) is 17.0 Å². The van der Waals surface area contributed by atoms with Crippen LogP contribution in [0.2, 0.25) is 10.0 Å². The van der Waals surface area contributed by atoms with Crippen molar-refractivity contribution < 1.29 is 14.4 Å². The van der Waals surface area contributed by atoms with Crippen molar-refractivity contribution in [2.24, 2.45) is 0 Å². The highest BCUT2D eigenvalue weighted by Crippen LogP contribution is 2.34. The lowest BCUT2D eigenvalue weighted by atomic mass is 10.1. The number of aromatic nitrogens is 1. The highest BCUT2D eigenvalue weighted by Gasteiger charge is 2.36. The van der Waals surface area contributed by atoms with E-state index in [9.17, 15) is 14.4 Å². The van der Waals surface area contributed by atoms with Crippen molar-refractivity contribution in [1.29, 1.82) is 0 Å². The first-order chi connectivity index (χ1) is 16.9. The normalized spacial score (nSPS) is 14.9. The largest absolute Gasteiger partial charge is 0.342 e. The zero-order chi connectivity index (χ0) is 24.5. The van der Waals surface area contributed by atoms with Crippen molar-refractivity contribution in [2.75, 3.05) is 6.54 Å². The number of hydrogen-bond acceptors (Lipinski definition) is 4. The summed E-state index contributed by atoms with van der Waals surface area (Å²) in [5.74, 6) is -0.757. The van der Waals surface area contributed by atoms with Crippen LogP contribution in [0.4, 0.5) is 4.79 Å². The Kier molecular flexibility index (Phi) is 6.52. The third-order valence-electron chi connectivity index (χ3n) is 5.73. The van der Waals surface area contributed by atoms with Gasteiger partial charge in [-0.15, -0.1) is 0 Å². The fourth-order valence-corrected chi connectivity index (χ4v) is 5.29. The first kappa shape index (κ1) is 23.4. The summed E-state index contributed by atoms with van der Waals surface area (Å²) in [5, 5.41) is 1.62. The van der Waals surface area contributed by atoms with E-state index < -0.39 is 11.1 Å². The Hall–Kier alpha value is -3.32. The second-order valence-corrected chi connectivity index (χ2v) is 9.86. The molecule has 2 amide bonds. The van der Waals surface area contributed by atoms with Gasteiger partial charge in [0, 0.05) is 44.8 Å². The molecule has 0 radical (unpaired) electrons. The Labute approximate surface area is 215 Å². The molecule has 0 spiro atoms. The second-order valence-electron chi connectivity index (χ2n) is 8.02. The fourth-order valence-electron chi connectivity index (χ4n) is 3.99. The summed E-state index contributed by atoms with van der Waals surface area (Å²) in [4.78, 5) is 39.4. The number of carbonyl (C=O) groups excluding carboxylic acids is 3. The maximum absolute atomic E-state index is 13.0. The number of halogens is 2. The van der Waals surface area contributed by atoms with Crippen LogP contribution in [0.3, 0.4) is 0 Å². The number of thioether (sulfide) groups is 1. The van der Waals surface area contributed by atoms with E-state index in [-0.39, 0.29) is 17.2 Å². The Bertz CT molecular complexity index is 1510. The third-order valence-corrected chi connectivity index (χ3v) is 7.23. The molecule has 3 aromatic carbocycles. The van der Waals surface area contributed by atoms with E-state index in [4.69, 9.17) is 23.2 Å². The molecule has 5 rings (SSSR count). The molecule has 1 aromatic heterocycles. The van der Waals surface area contributed by atoms with Gasteiger partial charge in [0.2, 0.25) is 0 Å². The monoisotopic (exact) mass is 520 g/mol. The Morgan fingerprint density at radius 3 is 2.46 bits per heavy atom. The van der Waals surface area contributed by atoms with Gasteiger partial charge in [0.1, 0.15) is 0 Å². The maximum Gasteiger partial charge on any atom is 0.293 e. The van der Waals surface area contributed by atoms with E-state index >= 15 is 0 Å². The average Bonchev–Trinajstić information content (AvgIpc) is 3.33. The van der Waals surface area contributed by atoms with Gasteiger partial charge in [-0.3, -0.25) is 19.3 Å². The van der Waals surface area contributed by atoms with E-state index in [0.717, 1.165) is 38.7 Å². The van der Waals surface area contributed by atoms with Gasteiger partial charge in [-0.1, -0.05) is 77.8 Å². The summed E-state index contributed by atoms with van der Waals surface area (Å²) in [6.45, 7) is 0.222. The minimum atomic E-state index is -0.471. The van der Waals surface area contributed by atoms with Crippen LogP contribution in [-0.2, 0) is 11.3 Å². The summed E-state index contributed by atoms with van der Waals surface area (Å²) in [6.07, 6.45) is 3.64. The van der Waals surface area contributed by atoms with Crippen LogP contribution in [0.15, 0.2) is 83.9 Å². The number of benzene rings is 3. The summed E-state index contributed by atoms with van der Waals surface area (Å²) in [5.41, 5.74) is 3.12. The van der Waals surface area contributed by atoms with Gasteiger partial charge in [0.15, 0.2) is 5.78 Å². The second kappa shape index (κ2) is 9.74. The number of Topliss-reactive ketones (excluding diaryl/α,β-unsaturated/α-hetero) is 1. The molecule has 35 heavy (non-hydrogen) atoms. The molecular weight excluding hydrogens is 503 g/mol. The molecule has 1 aliphatic heterocycles. The number of carbonyl (C=O) groups is 3. The van der Waals surface area contributed by atoms with E-state index in [2.05, 4.69) is 0 Å². The topological polar surface area (TPSA) is 59.4 Å². The van der Waals surface area contributed by atoms with Gasteiger partial charge in [0.05, 0.1) is 11.4 Å². The first-order valence-corrected chi connectivity index (χ1v) is 12.3. The van der Waals surface area contributed by atoms with Crippen molar-refractivity contribution in [1.82, 2.24) is 9.47 Å². The van der Waals surface area contributed by atoms with Crippen LogP contribution in [0.5, 0.6) is 0 Å². The molecule has 1 fully saturated rings. The number of para-hydroxylation sites is 1. The minimum absolute atomic E-state index is 0.281. The lowest BCUT2D eigenvalue weighted by Gasteiger charge is -2.11. The molecule has 0 bridgehead atoms. The molecule has 2 heterocycles. The van der Waals surface area contributed by atoms with E-state index in [1.165, 1.54) is 0 Å². The zero-order valence-electron chi connectivity index (χ0n) is 18.3. The van der Waals surface area contributed by atoms with Crippen LogP contribution in [-0.4, -0.2) is 32.9 Å². The SMILES string of the molecule is O=C(CN1C(=O)S/C(=C/c2cn(Cc3ccc(Cl)cc3Cl)c3ccccc23)C1=O)c1ccccc1. The van der Waals surface area contributed by atoms with Gasteiger partial charge in [-0.05, 0) is 41.6 Å². The standard InChI is InChI=1S/C27H18Cl2N2O3S/c28-20-11-10-18(22(29)13-20)14-30-15-19(21-8-4-5-9-23(21)30)12-25-26(33)31(27(34)35-25)16-24(32)17-6-2-1-3-7-17/h1-13,15H,14,16H2/b25-12+. The minimum Gasteiger partial charge on any atom is -0.342 e. The molecule has 1 aliphatic rings. The molecule has 0 unspecified atom stereocenters. The van der Waals surface area contributed by atoms with Crippen LogP contribution in [0, 0.1) is 0 Å². The molecular formula is C27H18Cl2N2O3S.